The van der Waals surface area contributed by atoms with Gasteiger partial charge < -0.3 is 29.6 Å². The van der Waals surface area contributed by atoms with Crippen LogP contribution < -0.4 is 35.0 Å². The van der Waals surface area contributed by atoms with E-state index in [1.807, 2.05) is 49.5 Å². The molecule has 0 amide bonds. The molecule has 0 bridgehead atoms. The van der Waals surface area contributed by atoms with Gasteiger partial charge in [0.1, 0.15) is 5.75 Å². The molecule has 0 radical (unpaired) electrons. The Labute approximate surface area is 206 Å². The third-order valence-electron chi connectivity index (χ3n) is 6.53. The average molecular weight is 477 g/mol. The van der Waals surface area contributed by atoms with Crippen LogP contribution in [0.5, 0.6) is 23.0 Å². The maximum Gasteiger partial charge on any atom is 0.203 e. The van der Waals surface area contributed by atoms with Gasteiger partial charge in [-0.1, -0.05) is 18.2 Å². The van der Waals surface area contributed by atoms with Gasteiger partial charge in [-0.15, -0.1) is 0 Å². The van der Waals surface area contributed by atoms with Gasteiger partial charge in [-0.3, -0.25) is 4.79 Å². The molecule has 0 aromatic heterocycles. The van der Waals surface area contributed by atoms with E-state index in [2.05, 4.69) is 10.6 Å². The van der Waals surface area contributed by atoms with Crippen LogP contribution in [0.25, 0.3) is 11.1 Å². The van der Waals surface area contributed by atoms with Crippen LogP contribution in [0.15, 0.2) is 53.3 Å². The first-order valence-electron chi connectivity index (χ1n) is 11.6. The highest BCUT2D eigenvalue weighted by Crippen LogP contribution is 2.50. The smallest absolute Gasteiger partial charge is 0.203 e. The van der Waals surface area contributed by atoms with Crippen LogP contribution >= 0.6 is 0 Å². The molecule has 1 atom stereocenters. The van der Waals surface area contributed by atoms with Crippen LogP contribution in [0.3, 0.4) is 0 Å². The number of fused-ring (bicyclic) bond motifs is 3. The fourth-order valence-corrected chi connectivity index (χ4v) is 4.70. The summed E-state index contributed by atoms with van der Waals surface area (Å²) < 4.78 is 22.3. The lowest BCUT2D eigenvalue weighted by molar-refractivity contribution is 0.324. The van der Waals surface area contributed by atoms with Crippen molar-refractivity contribution < 1.29 is 18.9 Å². The highest BCUT2D eigenvalue weighted by molar-refractivity contribution is 5.83. The highest BCUT2D eigenvalue weighted by atomic mass is 16.5. The standard InChI is InChI=1S/C28H32N2O5/c1-29-22-12-8-18-14-25(33-3)27(34-4)28(35-5)26(18)20-11-13-23(24(31)15-21(20)22)30-16-17-6-9-19(32-2)10-7-17/h6-7,9-11,13-15,22,29H,8,12,16H2,1-5H3,(H,30,31). The first-order valence-corrected chi connectivity index (χ1v) is 11.6. The summed E-state index contributed by atoms with van der Waals surface area (Å²) in [5.41, 5.74) is 5.39. The molecule has 0 saturated heterocycles. The first kappa shape index (κ1) is 24.4. The zero-order valence-electron chi connectivity index (χ0n) is 20.9. The van der Waals surface area contributed by atoms with E-state index in [0.29, 0.717) is 29.5 Å². The molecule has 0 aliphatic heterocycles. The molecule has 1 aliphatic rings. The summed E-state index contributed by atoms with van der Waals surface area (Å²) in [5, 5.41) is 6.69. The van der Waals surface area contributed by atoms with Crippen molar-refractivity contribution in [3.8, 4) is 34.1 Å². The third-order valence-corrected chi connectivity index (χ3v) is 6.53. The zero-order chi connectivity index (χ0) is 24.9. The summed E-state index contributed by atoms with van der Waals surface area (Å²) in [6, 6.07) is 15.4. The highest BCUT2D eigenvalue weighted by Gasteiger charge is 2.28. The molecule has 2 N–H and O–H groups in total. The first-order chi connectivity index (χ1) is 17.0. The molecule has 1 aliphatic carbocycles. The van der Waals surface area contributed by atoms with Gasteiger partial charge in [0.05, 0.1) is 34.1 Å². The number of methoxy groups -OCH3 is 4. The van der Waals surface area contributed by atoms with Crippen molar-refractivity contribution in [2.45, 2.75) is 25.4 Å². The molecule has 1 unspecified atom stereocenters. The number of anilines is 1. The third kappa shape index (κ3) is 4.77. The van der Waals surface area contributed by atoms with Crippen LogP contribution in [-0.4, -0.2) is 35.5 Å². The number of hydrogen-bond acceptors (Lipinski definition) is 7. The van der Waals surface area contributed by atoms with Gasteiger partial charge in [0.2, 0.25) is 11.2 Å². The molecule has 3 aromatic rings. The maximum atomic E-state index is 13.3. The van der Waals surface area contributed by atoms with Crippen LogP contribution in [0, 0.1) is 0 Å². The Balaban J connectivity index is 1.83. The Hall–Kier alpha value is -3.71. The summed E-state index contributed by atoms with van der Waals surface area (Å²) in [6.07, 6.45) is 1.62. The predicted molar refractivity (Wildman–Crippen MR) is 138 cm³/mol. The van der Waals surface area contributed by atoms with Gasteiger partial charge in [-0.05, 0) is 72.5 Å². The molecule has 3 aromatic carbocycles. The maximum absolute atomic E-state index is 13.3. The minimum Gasteiger partial charge on any atom is -0.497 e. The second kappa shape index (κ2) is 10.7. The molecule has 4 rings (SSSR count). The van der Waals surface area contributed by atoms with Crippen molar-refractivity contribution in [3.05, 3.63) is 75.4 Å². The van der Waals surface area contributed by atoms with Crippen molar-refractivity contribution in [1.82, 2.24) is 5.32 Å². The molecule has 7 heteroatoms. The zero-order valence-corrected chi connectivity index (χ0v) is 20.9. The van der Waals surface area contributed by atoms with E-state index in [-0.39, 0.29) is 11.5 Å². The van der Waals surface area contributed by atoms with Gasteiger partial charge in [-0.2, -0.15) is 0 Å². The number of rotatable bonds is 8. The molecular formula is C28H32N2O5. The van der Waals surface area contributed by atoms with E-state index in [0.717, 1.165) is 46.4 Å². The molecule has 184 valence electrons. The number of ether oxygens (including phenoxy) is 4. The SMILES string of the molecule is CNC1CCc2cc(OC)c(OC)c(OC)c2-c2ccc(NCc3ccc(OC)cc3)c(=O)cc21. The van der Waals surface area contributed by atoms with Crippen molar-refractivity contribution in [1.29, 1.82) is 0 Å². The lowest BCUT2D eigenvalue weighted by Gasteiger charge is -2.19. The number of hydrogen-bond donors (Lipinski definition) is 2. The Kier molecular flexibility index (Phi) is 7.46. The minimum absolute atomic E-state index is 0.00799. The van der Waals surface area contributed by atoms with E-state index < -0.39 is 0 Å². The Bertz CT molecular complexity index is 1260. The van der Waals surface area contributed by atoms with E-state index in [9.17, 15) is 4.79 Å². The Morgan fingerprint density at radius 3 is 2.26 bits per heavy atom. The quantitative estimate of drug-likeness (QED) is 0.493. The predicted octanol–water partition coefficient (Wildman–Crippen LogP) is 4.57. The van der Waals surface area contributed by atoms with Crippen LogP contribution in [-0.2, 0) is 13.0 Å². The normalized spacial score (nSPS) is 14.3. The van der Waals surface area contributed by atoms with E-state index >= 15 is 0 Å². The van der Waals surface area contributed by atoms with Crippen LogP contribution in [0.1, 0.15) is 29.2 Å². The summed E-state index contributed by atoms with van der Waals surface area (Å²) in [4.78, 5) is 13.3. The number of benzene rings is 2. The molecule has 0 spiro atoms. The topological polar surface area (TPSA) is 78.1 Å². The average Bonchev–Trinajstić information content (AvgIpc) is 3.14. The van der Waals surface area contributed by atoms with E-state index in [1.54, 1.807) is 34.5 Å². The molecule has 0 heterocycles. The van der Waals surface area contributed by atoms with Crippen molar-refractivity contribution >= 4 is 5.69 Å². The van der Waals surface area contributed by atoms with Gasteiger partial charge in [0, 0.05) is 18.2 Å². The minimum atomic E-state index is -0.0668. The van der Waals surface area contributed by atoms with Crippen molar-refractivity contribution in [3.63, 3.8) is 0 Å². The van der Waals surface area contributed by atoms with Gasteiger partial charge in [0.15, 0.2) is 11.5 Å². The summed E-state index contributed by atoms with van der Waals surface area (Å²) in [5.74, 6) is 2.56. The number of aryl methyl sites for hydroxylation is 1. The second-order valence-electron chi connectivity index (χ2n) is 8.39. The van der Waals surface area contributed by atoms with Crippen LogP contribution in [0.2, 0.25) is 0 Å². The fraction of sp³-hybridized carbons (Fsp3) is 0.321. The molecule has 35 heavy (non-hydrogen) atoms. The van der Waals surface area contributed by atoms with Gasteiger partial charge in [-0.25, -0.2) is 0 Å². The number of nitrogens with one attached hydrogen (secondary N) is 2. The lowest BCUT2D eigenvalue weighted by Crippen LogP contribution is -2.18. The Morgan fingerprint density at radius 2 is 1.63 bits per heavy atom. The van der Waals surface area contributed by atoms with E-state index in [1.165, 1.54) is 0 Å². The van der Waals surface area contributed by atoms with Crippen molar-refractivity contribution in [2.24, 2.45) is 0 Å². The summed E-state index contributed by atoms with van der Waals surface area (Å²) >= 11 is 0. The second-order valence-corrected chi connectivity index (χ2v) is 8.39. The monoisotopic (exact) mass is 476 g/mol. The molecular weight excluding hydrogens is 444 g/mol. The van der Waals surface area contributed by atoms with Gasteiger partial charge >= 0.3 is 0 Å². The largest absolute Gasteiger partial charge is 0.497 e. The summed E-state index contributed by atoms with van der Waals surface area (Å²) in [7, 11) is 8.41. The molecule has 0 fully saturated rings. The fourth-order valence-electron chi connectivity index (χ4n) is 4.70. The lowest BCUT2D eigenvalue weighted by atomic mass is 9.95. The Morgan fingerprint density at radius 1 is 0.886 bits per heavy atom. The molecule has 0 saturated carbocycles. The van der Waals surface area contributed by atoms with Gasteiger partial charge in [0.25, 0.3) is 0 Å². The van der Waals surface area contributed by atoms with E-state index in [4.69, 9.17) is 18.9 Å². The van der Waals surface area contributed by atoms with Crippen molar-refractivity contribution in [2.75, 3.05) is 40.8 Å². The summed E-state index contributed by atoms with van der Waals surface area (Å²) in [6.45, 7) is 0.522. The molecule has 7 nitrogen and oxygen atoms in total. The van der Waals surface area contributed by atoms with Crippen LogP contribution in [0.4, 0.5) is 5.69 Å².